The quantitative estimate of drug-likeness (QED) is 0.804. The van der Waals surface area contributed by atoms with E-state index in [1.165, 1.54) is 10.4 Å². The predicted molar refractivity (Wildman–Crippen MR) is 69.1 cm³/mol. The Bertz CT molecular complexity index is 632. The van der Waals surface area contributed by atoms with Crippen molar-refractivity contribution in [3.63, 3.8) is 0 Å². The molecular weight excluding hydrogens is 272 g/mol. The SMILES string of the molecule is CS(=O)(=O)OCCC1c2sccc2-c2cncn21. The van der Waals surface area contributed by atoms with Crippen LogP contribution in [0.5, 0.6) is 0 Å². The summed E-state index contributed by atoms with van der Waals surface area (Å²) in [5.74, 6) is 0. The van der Waals surface area contributed by atoms with Crippen LogP contribution in [0.25, 0.3) is 11.3 Å². The summed E-state index contributed by atoms with van der Waals surface area (Å²) in [6, 6.07) is 2.21. The number of thiophene rings is 1. The van der Waals surface area contributed by atoms with Crippen molar-refractivity contribution in [2.45, 2.75) is 12.5 Å². The van der Waals surface area contributed by atoms with Gasteiger partial charge < -0.3 is 4.57 Å². The Morgan fingerprint density at radius 2 is 2.39 bits per heavy atom. The Hall–Kier alpha value is -1.18. The fraction of sp³-hybridized carbons (Fsp3) is 0.364. The van der Waals surface area contributed by atoms with Gasteiger partial charge in [0.2, 0.25) is 0 Å². The van der Waals surface area contributed by atoms with Crippen LogP contribution in [0.1, 0.15) is 17.3 Å². The van der Waals surface area contributed by atoms with E-state index in [0.29, 0.717) is 6.42 Å². The highest BCUT2D eigenvalue weighted by Crippen LogP contribution is 2.43. The number of hydrogen-bond acceptors (Lipinski definition) is 5. The number of aromatic nitrogens is 2. The third kappa shape index (κ3) is 1.98. The van der Waals surface area contributed by atoms with Crippen molar-refractivity contribution in [2.24, 2.45) is 0 Å². The van der Waals surface area contributed by atoms with Crippen LogP contribution in [0.3, 0.4) is 0 Å². The summed E-state index contributed by atoms with van der Waals surface area (Å²) in [4.78, 5) is 5.39. The highest BCUT2D eigenvalue weighted by Gasteiger charge is 2.29. The summed E-state index contributed by atoms with van der Waals surface area (Å²) >= 11 is 1.69. The van der Waals surface area contributed by atoms with Gasteiger partial charge in [0.05, 0.1) is 37.1 Å². The van der Waals surface area contributed by atoms with Crippen molar-refractivity contribution in [3.05, 3.63) is 28.8 Å². The van der Waals surface area contributed by atoms with Crippen LogP contribution in [-0.2, 0) is 14.3 Å². The van der Waals surface area contributed by atoms with Gasteiger partial charge in [-0.1, -0.05) is 0 Å². The zero-order valence-corrected chi connectivity index (χ0v) is 11.4. The average molecular weight is 284 g/mol. The van der Waals surface area contributed by atoms with Crippen LogP contribution in [-0.4, -0.2) is 30.8 Å². The molecule has 0 spiro atoms. The second kappa shape index (κ2) is 4.18. The number of nitrogens with zero attached hydrogens (tertiary/aromatic N) is 2. The lowest BCUT2D eigenvalue weighted by atomic mass is 10.1. The van der Waals surface area contributed by atoms with E-state index in [1.807, 2.05) is 11.6 Å². The van der Waals surface area contributed by atoms with E-state index in [9.17, 15) is 8.42 Å². The topological polar surface area (TPSA) is 61.2 Å². The average Bonchev–Trinajstić information content (AvgIpc) is 2.92. The molecule has 3 heterocycles. The molecule has 2 aromatic rings. The fourth-order valence-corrected chi connectivity index (χ4v) is 3.70. The van der Waals surface area contributed by atoms with Crippen LogP contribution in [0.15, 0.2) is 24.0 Å². The molecule has 1 aliphatic rings. The number of imidazole rings is 1. The zero-order valence-electron chi connectivity index (χ0n) is 9.74. The van der Waals surface area contributed by atoms with Gasteiger partial charge in [-0.2, -0.15) is 8.42 Å². The van der Waals surface area contributed by atoms with E-state index in [1.54, 1.807) is 17.7 Å². The predicted octanol–water partition coefficient (Wildman–Crippen LogP) is 1.88. The molecule has 0 saturated carbocycles. The molecule has 0 aromatic carbocycles. The van der Waals surface area contributed by atoms with Crippen LogP contribution < -0.4 is 0 Å². The Kier molecular flexibility index (Phi) is 2.76. The molecule has 0 bridgehead atoms. The third-order valence-corrected chi connectivity index (χ3v) is 4.58. The van der Waals surface area contributed by atoms with Crippen molar-refractivity contribution < 1.29 is 12.6 Å². The number of fused-ring (bicyclic) bond motifs is 3. The van der Waals surface area contributed by atoms with Gasteiger partial charge in [-0.3, -0.25) is 4.18 Å². The molecule has 2 aromatic heterocycles. The van der Waals surface area contributed by atoms with Crippen molar-refractivity contribution in [1.29, 1.82) is 0 Å². The van der Waals surface area contributed by atoms with Gasteiger partial charge in [0.15, 0.2) is 0 Å². The monoisotopic (exact) mass is 284 g/mol. The molecule has 5 nitrogen and oxygen atoms in total. The summed E-state index contributed by atoms with van der Waals surface area (Å²) in [6.07, 6.45) is 5.32. The number of rotatable bonds is 4. The highest BCUT2D eigenvalue weighted by molar-refractivity contribution is 7.85. The molecule has 1 unspecified atom stereocenters. The molecule has 96 valence electrons. The molecule has 1 aliphatic heterocycles. The standard InChI is InChI=1S/C11H12N2O3S2/c1-18(14,15)16-4-2-9-11-8(3-5-17-11)10-6-12-7-13(9)10/h3,5-7,9H,2,4H2,1H3. The van der Waals surface area contributed by atoms with E-state index >= 15 is 0 Å². The Labute approximate surface area is 109 Å². The summed E-state index contributed by atoms with van der Waals surface area (Å²) in [5.41, 5.74) is 2.29. The Balaban J connectivity index is 1.82. The normalized spacial score (nSPS) is 17.7. The minimum absolute atomic E-state index is 0.138. The van der Waals surface area contributed by atoms with E-state index < -0.39 is 10.1 Å². The second-order valence-corrected chi connectivity index (χ2v) is 6.81. The molecule has 3 rings (SSSR count). The van der Waals surface area contributed by atoms with Gasteiger partial charge in [0.1, 0.15) is 0 Å². The third-order valence-electron chi connectivity index (χ3n) is 2.96. The molecular formula is C11H12N2O3S2. The van der Waals surface area contributed by atoms with Crippen LogP contribution in [0, 0.1) is 0 Å². The van der Waals surface area contributed by atoms with Gasteiger partial charge in [0.25, 0.3) is 10.1 Å². The van der Waals surface area contributed by atoms with Crippen molar-refractivity contribution in [3.8, 4) is 11.3 Å². The van der Waals surface area contributed by atoms with Crippen molar-refractivity contribution in [1.82, 2.24) is 9.55 Å². The molecule has 18 heavy (non-hydrogen) atoms. The lowest BCUT2D eigenvalue weighted by Crippen LogP contribution is -2.10. The first-order valence-corrected chi connectivity index (χ1v) is 8.20. The van der Waals surface area contributed by atoms with E-state index in [4.69, 9.17) is 4.18 Å². The summed E-state index contributed by atoms with van der Waals surface area (Å²) in [6.45, 7) is 0.193. The van der Waals surface area contributed by atoms with Crippen LogP contribution >= 0.6 is 11.3 Å². The summed E-state index contributed by atoms with van der Waals surface area (Å²) < 4.78 is 28.8. The van der Waals surface area contributed by atoms with E-state index in [2.05, 4.69) is 15.6 Å². The molecule has 0 amide bonds. The first-order valence-electron chi connectivity index (χ1n) is 5.50. The van der Waals surface area contributed by atoms with E-state index in [-0.39, 0.29) is 12.6 Å². The lowest BCUT2D eigenvalue weighted by Gasteiger charge is -2.12. The molecule has 0 N–H and O–H groups in total. The first kappa shape index (κ1) is 11.9. The molecule has 0 aliphatic carbocycles. The minimum atomic E-state index is -3.37. The molecule has 0 saturated heterocycles. The fourth-order valence-electron chi connectivity index (χ4n) is 2.26. The van der Waals surface area contributed by atoms with Gasteiger partial charge >= 0.3 is 0 Å². The Morgan fingerprint density at radius 3 is 3.17 bits per heavy atom. The van der Waals surface area contributed by atoms with Gasteiger partial charge in [0, 0.05) is 10.4 Å². The largest absolute Gasteiger partial charge is 0.322 e. The maximum atomic E-state index is 11.0. The molecule has 1 atom stereocenters. The maximum absolute atomic E-state index is 11.0. The van der Waals surface area contributed by atoms with Crippen molar-refractivity contribution in [2.75, 3.05) is 12.9 Å². The highest BCUT2D eigenvalue weighted by atomic mass is 32.2. The first-order chi connectivity index (χ1) is 8.56. The van der Waals surface area contributed by atoms with Gasteiger partial charge in [-0.25, -0.2) is 4.98 Å². The minimum Gasteiger partial charge on any atom is -0.322 e. The summed E-state index contributed by atoms with van der Waals surface area (Å²) in [7, 11) is -3.37. The van der Waals surface area contributed by atoms with Crippen molar-refractivity contribution >= 4 is 21.5 Å². The zero-order chi connectivity index (χ0) is 12.8. The van der Waals surface area contributed by atoms with Gasteiger partial charge in [-0.15, -0.1) is 11.3 Å². The summed E-state index contributed by atoms with van der Waals surface area (Å²) in [5, 5.41) is 2.05. The van der Waals surface area contributed by atoms with E-state index in [0.717, 1.165) is 11.9 Å². The smallest absolute Gasteiger partial charge is 0.264 e. The number of hydrogen-bond donors (Lipinski definition) is 0. The molecule has 7 heteroatoms. The molecule has 0 fully saturated rings. The van der Waals surface area contributed by atoms with Crippen LogP contribution in [0.4, 0.5) is 0 Å². The Morgan fingerprint density at radius 1 is 1.56 bits per heavy atom. The lowest BCUT2D eigenvalue weighted by molar-refractivity contribution is 0.298. The maximum Gasteiger partial charge on any atom is 0.264 e. The molecule has 0 radical (unpaired) electrons. The van der Waals surface area contributed by atoms with Crippen LogP contribution in [0.2, 0.25) is 0 Å². The second-order valence-electron chi connectivity index (χ2n) is 4.22. The van der Waals surface area contributed by atoms with Gasteiger partial charge in [-0.05, 0) is 17.9 Å².